The number of sulfonamides is 1. The monoisotopic (exact) mass is 440 g/mol. The largest absolute Gasteiger partial charge is 0.348 e. The topological polar surface area (TPSA) is 66.5 Å². The molecule has 0 atom stereocenters. The van der Waals surface area contributed by atoms with Gasteiger partial charge in [0.15, 0.2) is 0 Å². The zero-order chi connectivity index (χ0) is 18.9. The van der Waals surface area contributed by atoms with Gasteiger partial charge in [-0.05, 0) is 54.8 Å². The quantitative estimate of drug-likeness (QED) is 0.793. The van der Waals surface area contributed by atoms with Crippen LogP contribution < -0.4 is 9.62 Å². The van der Waals surface area contributed by atoms with Gasteiger partial charge in [-0.25, -0.2) is 12.8 Å². The number of aryl methyl sites for hydroxylation is 1. The summed E-state index contributed by atoms with van der Waals surface area (Å²) in [5.41, 5.74) is 2.25. The van der Waals surface area contributed by atoms with Gasteiger partial charge in [-0.2, -0.15) is 0 Å². The molecule has 0 aromatic heterocycles. The first-order valence-corrected chi connectivity index (χ1v) is 10.7. The van der Waals surface area contributed by atoms with Crippen LogP contribution in [0.2, 0.25) is 0 Å². The van der Waals surface area contributed by atoms with Crippen molar-refractivity contribution in [2.45, 2.75) is 19.4 Å². The zero-order valence-corrected chi connectivity index (χ0v) is 16.5. The maximum atomic E-state index is 13.8. The van der Waals surface area contributed by atoms with Gasteiger partial charge in [-0.15, -0.1) is 0 Å². The molecule has 0 unspecified atom stereocenters. The number of carbonyl (C=O) groups excluding carboxylic acids is 1. The summed E-state index contributed by atoms with van der Waals surface area (Å²) >= 11 is 3.28. The van der Waals surface area contributed by atoms with Gasteiger partial charge in [0, 0.05) is 28.7 Å². The van der Waals surface area contributed by atoms with E-state index in [-0.39, 0.29) is 18.3 Å². The second kappa shape index (κ2) is 7.36. The van der Waals surface area contributed by atoms with E-state index in [4.69, 9.17) is 0 Å². The molecular weight excluding hydrogens is 423 g/mol. The Labute approximate surface area is 160 Å². The van der Waals surface area contributed by atoms with E-state index in [0.29, 0.717) is 36.2 Å². The lowest BCUT2D eigenvalue weighted by Gasteiger charge is -2.29. The van der Waals surface area contributed by atoms with Gasteiger partial charge in [0.05, 0.1) is 11.9 Å². The first-order valence-electron chi connectivity index (χ1n) is 8.08. The standard InChI is InChI=1S/C18H18BrFN2O3S/c1-26(24,25)22-8-2-3-12-9-13(4-7-17(12)22)18(23)21-11-14-10-15(19)5-6-16(14)20/h4-7,9-10H,2-3,8,11H2,1H3,(H,21,23). The lowest BCUT2D eigenvalue weighted by atomic mass is 10.0. The third-order valence-electron chi connectivity index (χ3n) is 4.27. The minimum absolute atomic E-state index is 0.0661. The molecule has 2 aromatic rings. The minimum Gasteiger partial charge on any atom is -0.348 e. The first kappa shape index (κ1) is 18.8. The number of rotatable bonds is 4. The molecule has 1 aliphatic rings. The normalized spacial score (nSPS) is 14.0. The number of halogens is 2. The second-order valence-corrected chi connectivity index (χ2v) is 9.02. The fourth-order valence-corrected chi connectivity index (χ4v) is 4.41. The average Bonchev–Trinajstić information content (AvgIpc) is 2.60. The molecule has 138 valence electrons. The molecule has 0 bridgehead atoms. The Morgan fingerprint density at radius 1 is 1.27 bits per heavy atom. The molecular formula is C18H18BrFN2O3S. The summed E-state index contributed by atoms with van der Waals surface area (Å²) < 4.78 is 39.7. The number of nitrogens with one attached hydrogen (secondary N) is 1. The van der Waals surface area contributed by atoms with Crippen LogP contribution in [0.25, 0.3) is 0 Å². The fraction of sp³-hybridized carbons (Fsp3) is 0.278. The van der Waals surface area contributed by atoms with Crippen LogP contribution in [0.5, 0.6) is 0 Å². The van der Waals surface area contributed by atoms with Crippen molar-refractivity contribution in [1.82, 2.24) is 5.32 Å². The number of amides is 1. The van der Waals surface area contributed by atoms with Gasteiger partial charge >= 0.3 is 0 Å². The van der Waals surface area contributed by atoms with E-state index in [1.165, 1.54) is 16.6 Å². The molecule has 0 saturated carbocycles. The molecule has 0 aliphatic carbocycles. The lowest BCUT2D eigenvalue weighted by Crippen LogP contribution is -2.34. The van der Waals surface area contributed by atoms with E-state index in [1.54, 1.807) is 30.3 Å². The van der Waals surface area contributed by atoms with Crippen molar-refractivity contribution in [3.05, 3.63) is 63.4 Å². The van der Waals surface area contributed by atoms with Gasteiger partial charge in [0.1, 0.15) is 5.82 Å². The SMILES string of the molecule is CS(=O)(=O)N1CCCc2cc(C(=O)NCc3cc(Br)ccc3F)ccc21. The Kier molecular flexibility index (Phi) is 5.34. The van der Waals surface area contributed by atoms with E-state index >= 15 is 0 Å². The Bertz CT molecular complexity index is 963. The van der Waals surface area contributed by atoms with Gasteiger partial charge in [-0.1, -0.05) is 15.9 Å². The van der Waals surface area contributed by atoms with Crippen molar-refractivity contribution < 1.29 is 17.6 Å². The highest BCUT2D eigenvalue weighted by Gasteiger charge is 2.24. The van der Waals surface area contributed by atoms with Crippen LogP contribution in [0.1, 0.15) is 27.9 Å². The van der Waals surface area contributed by atoms with Gasteiger partial charge in [0.25, 0.3) is 5.91 Å². The smallest absolute Gasteiger partial charge is 0.251 e. The Balaban J connectivity index is 1.78. The lowest BCUT2D eigenvalue weighted by molar-refractivity contribution is 0.0950. The number of carbonyl (C=O) groups is 1. The number of hydrogen-bond acceptors (Lipinski definition) is 3. The highest BCUT2D eigenvalue weighted by molar-refractivity contribution is 9.10. The molecule has 8 heteroatoms. The number of anilines is 1. The van der Waals surface area contributed by atoms with Crippen LogP contribution in [0, 0.1) is 5.82 Å². The molecule has 0 spiro atoms. The third-order valence-corrected chi connectivity index (χ3v) is 5.94. The molecule has 0 saturated heterocycles. The molecule has 26 heavy (non-hydrogen) atoms. The first-order chi connectivity index (χ1) is 12.3. The molecule has 2 aromatic carbocycles. The molecule has 0 radical (unpaired) electrons. The highest BCUT2D eigenvalue weighted by atomic mass is 79.9. The summed E-state index contributed by atoms with van der Waals surface area (Å²) in [7, 11) is -3.34. The number of benzene rings is 2. The van der Waals surface area contributed by atoms with E-state index in [9.17, 15) is 17.6 Å². The van der Waals surface area contributed by atoms with Crippen LogP contribution in [-0.4, -0.2) is 27.1 Å². The number of nitrogens with zero attached hydrogens (tertiary/aromatic N) is 1. The van der Waals surface area contributed by atoms with Crippen molar-refractivity contribution >= 4 is 37.5 Å². The Hall–Kier alpha value is -1.93. The molecule has 1 amide bonds. The molecule has 1 heterocycles. The van der Waals surface area contributed by atoms with Crippen LogP contribution in [-0.2, 0) is 23.0 Å². The summed E-state index contributed by atoms with van der Waals surface area (Å²) in [6, 6.07) is 9.51. The average molecular weight is 441 g/mol. The summed E-state index contributed by atoms with van der Waals surface area (Å²) in [5.74, 6) is -0.716. The van der Waals surface area contributed by atoms with Crippen molar-refractivity contribution in [1.29, 1.82) is 0 Å². The Morgan fingerprint density at radius 3 is 2.77 bits per heavy atom. The summed E-state index contributed by atoms with van der Waals surface area (Å²) in [6.45, 7) is 0.510. The van der Waals surface area contributed by atoms with Crippen molar-refractivity contribution in [3.63, 3.8) is 0 Å². The summed E-state index contributed by atoms with van der Waals surface area (Å²) in [4.78, 5) is 12.4. The molecule has 0 fully saturated rings. The van der Waals surface area contributed by atoms with Crippen LogP contribution >= 0.6 is 15.9 Å². The second-order valence-electron chi connectivity index (χ2n) is 6.20. The van der Waals surface area contributed by atoms with Crippen LogP contribution in [0.4, 0.5) is 10.1 Å². The van der Waals surface area contributed by atoms with Gasteiger partial charge < -0.3 is 5.32 Å². The number of fused-ring (bicyclic) bond motifs is 1. The van der Waals surface area contributed by atoms with Crippen LogP contribution in [0.15, 0.2) is 40.9 Å². The van der Waals surface area contributed by atoms with E-state index < -0.39 is 10.0 Å². The number of hydrogen-bond donors (Lipinski definition) is 1. The molecule has 1 aliphatic heterocycles. The van der Waals surface area contributed by atoms with E-state index in [2.05, 4.69) is 21.2 Å². The predicted molar refractivity (Wildman–Crippen MR) is 102 cm³/mol. The van der Waals surface area contributed by atoms with Crippen molar-refractivity contribution in [2.24, 2.45) is 0 Å². The summed E-state index contributed by atoms with van der Waals surface area (Å²) in [6.07, 6.45) is 2.59. The minimum atomic E-state index is -3.34. The Morgan fingerprint density at radius 2 is 2.04 bits per heavy atom. The van der Waals surface area contributed by atoms with E-state index in [0.717, 1.165) is 10.0 Å². The zero-order valence-electron chi connectivity index (χ0n) is 14.1. The van der Waals surface area contributed by atoms with Gasteiger partial charge in [0.2, 0.25) is 10.0 Å². The molecule has 1 N–H and O–H groups in total. The maximum absolute atomic E-state index is 13.8. The summed E-state index contributed by atoms with van der Waals surface area (Å²) in [5, 5.41) is 2.70. The van der Waals surface area contributed by atoms with Crippen molar-refractivity contribution in [3.8, 4) is 0 Å². The maximum Gasteiger partial charge on any atom is 0.251 e. The molecule has 5 nitrogen and oxygen atoms in total. The van der Waals surface area contributed by atoms with Crippen LogP contribution in [0.3, 0.4) is 0 Å². The third kappa shape index (κ3) is 4.07. The highest BCUT2D eigenvalue weighted by Crippen LogP contribution is 2.29. The van der Waals surface area contributed by atoms with E-state index in [1.807, 2.05) is 0 Å². The van der Waals surface area contributed by atoms with Gasteiger partial charge in [-0.3, -0.25) is 9.10 Å². The molecule has 3 rings (SSSR count). The van der Waals surface area contributed by atoms with Crippen molar-refractivity contribution in [2.75, 3.05) is 17.1 Å². The fourth-order valence-electron chi connectivity index (χ4n) is 3.00. The predicted octanol–water partition coefficient (Wildman–Crippen LogP) is 3.23.